The van der Waals surface area contributed by atoms with Gasteiger partial charge < -0.3 is 9.84 Å². The van der Waals surface area contributed by atoms with E-state index in [1.165, 1.54) is 0 Å². The summed E-state index contributed by atoms with van der Waals surface area (Å²) < 4.78 is 6.68. The van der Waals surface area contributed by atoms with E-state index in [2.05, 4.69) is 47.8 Å². The summed E-state index contributed by atoms with van der Waals surface area (Å²) in [4.78, 5) is 11.3. The van der Waals surface area contributed by atoms with Crippen molar-refractivity contribution in [2.75, 3.05) is 0 Å². The van der Waals surface area contributed by atoms with Crippen LogP contribution in [0.5, 0.6) is 0 Å². The average molecular weight is 427 g/mol. The van der Waals surface area contributed by atoms with Crippen LogP contribution in [0.15, 0.2) is 37.7 Å². The Morgan fingerprint density at radius 2 is 1.88 bits per heavy atom. The number of esters is 1. The maximum absolute atomic E-state index is 11.3. The average Bonchev–Trinajstić information content (AvgIpc) is 2.57. The highest BCUT2D eigenvalue weighted by molar-refractivity contribution is 9.14. The lowest BCUT2D eigenvalue weighted by atomic mass is 10.0. The smallest absolute Gasteiger partial charge is 0.346 e. The van der Waals surface area contributed by atoms with E-state index in [0.29, 0.717) is 14.5 Å². The minimum atomic E-state index is -0.918. The maximum atomic E-state index is 11.3. The Hall–Kier alpha value is -0.170. The van der Waals surface area contributed by atoms with Crippen molar-refractivity contribution in [3.05, 3.63) is 43.3 Å². The van der Waals surface area contributed by atoms with Crippen molar-refractivity contribution in [3.8, 4) is 0 Å². The van der Waals surface area contributed by atoms with Gasteiger partial charge in [-0.3, -0.25) is 0 Å². The molecule has 0 fully saturated rings. The van der Waals surface area contributed by atoms with Crippen LogP contribution < -0.4 is 0 Å². The Morgan fingerprint density at radius 1 is 1.24 bits per heavy atom. The molecule has 0 bridgehead atoms. The summed E-state index contributed by atoms with van der Waals surface area (Å²) in [6.45, 7) is 0. The third kappa shape index (κ3) is 2.50. The van der Waals surface area contributed by atoms with Gasteiger partial charge in [0.2, 0.25) is 0 Å². The summed E-state index contributed by atoms with van der Waals surface area (Å²) in [5.41, 5.74) is 0.671. The number of ether oxygens (including phenoxy) is 1. The van der Waals surface area contributed by atoms with Gasteiger partial charge in [0, 0.05) is 4.47 Å². The normalized spacial score (nSPS) is 21.6. The second kappa shape index (κ2) is 5.22. The number of aliphatic hydroxyl groups excluding tert-OH is 1. The van der Waals surface area contributed by atoms with Crippen molar-refractivity contribution in [2.24, 2.45) is 0 Å². The molecular formula is C11H7Br3O3. The molecule has 17 heavy (non-hydrogen) atoms. The molecule has 1 aromatic carbocycles. The van der Waals surface area contributed by atoms with Crippen LogP contribution in [0, 0.1) is 0 Å². The molecule has 2 atom stereocenters. The number of cyclic esters (lactones) is 1. The van der Waals surface area contributed by atoms with Gasteiger partial charge in [0.05, 0.1) is 4.48 Å². The fourth-order valence-electron chi connectivity index (χ4n) is 1.52. The summed E-state index contributed by atoms with van der Waals surface area (Å²) in [7, 11) is 0. The van der Waals surface area contributed by atoms with Gasteiger partial charge in [0.15, 0.2) is 6.10 Å². The molecule has 1 aliphatic rings. The molecule has 0 saturated heterocycles. The number of aliphatic hydroxyl groups is 1. The van der Waals surface area contributed by atoms with Gasteiger partial charge in [0.25, 0.3) is 0 Å². The number of carbonyl (C=O) groups is 1. The van der Waals surface area contributed by atoms with Crippen molar-refractivity contribution < 1.29 is 14.6 Å². The van der Waals surface area contributed by atoms with E-state index in [1.807, 2.05) is 18.2 Å². The molecule has 1 heterocycles. The van der Waals surface area contributed by atoms with E-state index in [-0.39, 0.29) is 0 Å². The second-order valence-electron chi connectivity index (χ2n) is 3.45. The lowest BCUT2D eigenvalue weighted by Gasteiger charge is -2.19. The summed E-state index contributed by atoms with van der Waals surface area (Å²) in [5.74, 6) is -0.479. The Balaban J connectivity index is 2.32. The van der Waals surface area contributed by atoms with E-state index in [1.54, 1.807) is 6.07 Å². The monoisotopic (exact) mass is 424 g/mol. The largest absolute Gasteiger partial charge is 0.450 e. The first-order valence-corrected chi connectivity index (χ1v) is 7.09. The van der Waals surface area contributed by atoms with Crippen molar-refractivity contribution in [1.82, 2.24) is 0 Å². The van der Waals surface area contributed by atoms with Gasteiger partial charge in [0.1, 0.15) is 10.6 Å². The fourth-order valence-corrected chi connectivity index (χ4v) is 2.87. The molecule has 0 aliphatic carbocycles. The molecule has 2 rings (SSSR count). The topological polar surface area (TPSA) is 46.5 Å². The van der Waals surface area contributed by atoms with Crippen molar-refractivity contribution in [2.45, 2.75) is 12.2 Å². The van der Waals surface area contributed by atoms with Crippen molar-refractivity contribution >= 4 is 53.8 Å². The first kappa shape index (κ1) is 13.3. The van der Waals surface area contributed by atoms with Gasteiger partial charge in [-0.25, -0.2) is 4.79 Å². The number of benzene rings is 1. The predicted molar refractivity (Wildman–Crippen MR) is 73.9 cm³/mol. The Labute approximate surface area is 123 Å². The zero-order chi connectivity index (χ0) is 12.6. The number of carbonyl (C=O) groups excluding carboxylic acids is 1. The third-order valence-electron chi connectivity index (χ3n) is 2.38. The number of rotatable bonds is 2. The van der Waals surface area contributed by atoms with Crippen LogP contribution >= 0.6 is 47.8 Å². The van der Waals surface area contributed by atoms with Crippen LogP contribution in [-0.4, -0.2) is 17.2 Å². The van der Waals surface area contributed by atoms with Crippen LogP contribution in [-0.2, 0) is 9.53 Å². The molecule has 6 heteroatoms. The molecule has 0 aromatic heterocycles. The first-order chi connectivity index (χ1) is 8.02. The summed E-state index contributed by atoms with van der Waals surface area (Å²) in [6.07, 6.45) is -1.63. The first-order valence-electron chi connectivity index (χ1n) is 4.71. The summed E-state index contributed by atoms with van der Waals surface area (Å²) in [5, 5.41) is 10.2. The maximum Gasteiger partial charge on any atom is 0.346 e. The number of hydrogen-bond donors (Lipinski definition) is 1. The zero-order valence-corrected chi connectivity index (χ0v) is 13.1. The third-order valence-corrected chi connectivity index (χ3v) is 5.24. The molecule has 0 unspecified atom stereocenters. The molecule has 1 aromatic rings. The van der Waals surface area contributed by atoms with E-state index in [0.717, 1.165) is 4.47 Å². The molecule has 0 radical (unpaired) electrons. The lowest BCUT2D eigenvalue weighted by Crippen LogP contribution is -2.20. The second-order valence-corrected chi connectivity index (χ2v) is 5.96. The van der Waals surface area contributed by atoms with Crippen LogP contribution in [0.25, 0.3) is 0 Å². The quantitative estimate of drug-likeness (QED) is 0.737. The Kier molecular flexibility index (Phi) is 4.07. The van der Waals surface area contributed by atoms with Gasteiger partial charge in [-0.1, -0.05) is 34.1 Å². The van der Waals surface area contributed by atoms with Crippen LogP contribution in [0.3, 0.4) is 0 Å². The van der Waals surface area contributed by atoms with Crippen molar-refractivity contribution in [3.63, 3.8) is 0 Å². The highest BCUT2D eigenvalue weighted by Crippen LogP contribution is 2.39. The molecule has 0 amide bonds. The van der Waals surface area contributed by atoms with Crippen LogP contribution in [0.1, 0.15) is 11.7 Å². The molecule has 0 spiro atoms. The Morgan fingerprint density at radius 3 is 2.41 bits per heavy atom. The number of halogens is 3. The fraction of sp³-hybridized carbons (Fsp3) is 0.182. The van der Waals surface area contributed by atoms with E-state index in [4.69, 9.17) is 4.74 Å². The SMILES string of the molecule is O=C1O[C@H]([C@H](O)c2ccccc2Br)C(Br)=C1Br. The minimum Gasteiger partial charge on any atom is -0.450 e. The molecule has 90 valence electrons. The van der Waals surface area contributed by atoms with E-state index in [9.17, 15) is 9.90 Å². The standard InChI is InChI=1S/C11H7Br3O3/c12-6-4-2-1-3-5(6)9(15)10-7(13)8(14)11(16)17-10/h1-4,9-10,15H/t9-,10+/m1/s1. The van der Waals surface area contributed by atoms with Crippen molar-refractivity contribution in [1.29, 1.82) is 0 Å². The highest BCUT2D eigenvalue weighted by Gasteiger charge is 2.37. The van der Waals surface area contributed by atoms with E-state index >= 15 is 0 Å². The predicted octanol–water partition coefficient (Wildman–Crippen LogP) is 3.41. The van der Waals surface area contributed by atoms with E-state index < -0.39 is 18.2 Å². The molecule has 1 aliphatic heterocycles. The molecule has 0 saturated carbocycles. The van der Waals surface area contributed by atoms with Gasteiger partial charge in [-0.15, -0.1) is 0 Å². The number of hydrogen-bond acceptors (Lipinski definition) is 3. The van der Waals surface area contributed by atoms with Gasteiger partial charge >= 0.3 is 5.97 Å². The Bertz CT molecular complexity index is 498. The summed E-state index contributed by atoms with van der Waals surface area (Å²) in [6, 6.07) is 7.26. The molecular weight excluding hydrogens is 420 g/mol. The van der Waals surface area contributed by atoms with Crippen LogP contribution in [0.4, 0.5) is 0 Å². The van der Waals surface area contributed by atoms with Crippen LogP contribution in [0.2, 0.25) is 0 Å². The molecule has 3 nitrogen and oxygen atoms in total. The highest BCUT2D eigenvalue weighted by atomic mass is 79.9. The van der Waals surface area contributed by atoms with Gasteiger partial charge in [-0.2, -0.15) is 0 Å². The minimum absolute atomic E-state index is 0.314. The van der Waals surface area contributed by atoms with Gasteiger partial charge in [-0.05, 0) is 43.5 Å². The molecule has 1 N–H and O–H groups in total. The lowest BCUT2D eigenvalue weighted by molar-refractivity contribution is -0.143. The summed E-state index contributed by atoms with van der Waals surface area (Å²) >= 11 is 9.70. The zero-order valence-electron chi connectivity index (χ0n) is 8.36.